The molecule has 0 heterocycles. The van der Waals surface area contributed by atoms with E-state index in [1.165, 1.54) is 26.2 Å². The summed E-state index contributed by atoms with van der Waals surface area (Å²) < 4.78 is 9.61. The quantitative estimate of drug-likeness (QED) is 0.606. The van der Waals surface area contributed by atoms with Gasteiger partial charge < -0.3 is 14.8 Å². The summed E-state index contributed by atoms with van der Waals surface area (Å²) in [6.07, 6.45) is 2.28. The van der Waals surface area contributed by atoms with Gasteiger partial charge in [0.05, 0.1) is 7.11 Å². The van der Waals surface area contributed by atoms with Crippen LogP contribution in [-0.2, 0) is 19.1 Å². The van der Waals surface area contributed by atoms with E-state index in [1.807, 2.05) is 0 Å². The monoisotopic (exact) mass is 271 g/mol. The molecular formula is C13H21NO5. The molecule has 0 bridgehead atoms. The van der Waals surface area contributed by atoms with Crippen molar-refractivity contribution in [3.63, 3.8) is 0 Å². The van der Waals surface area contributed by atoms with Crippen molar-refractivity contribution in [2.75, 3.05) is 7.11 Å². The van der Waals surface area contributed by atoms with Gasteiger partial charge >= 0.3 is 12.1 Å². The van der Waals surface area contributed by atoms with Crippen LogP contribution in [0.15, 0.2) is 12.2 Å². The van der Waals surface area contributed by atoms with E-state index in [1.54, 1.807) is 20.8 Å². The summed E-state index contributed by atoms with van der Waals surface area (Å²) >= 11 is 0. The molecule has 1 amide bonds. The van der Waals surface area contributed by atoms with E-state index < -0.39 is 23.7 Å². The summed E-state index contributed by atoms with van der Waals surface area (Å²) in [7, 11) is 1.22. The Kier molecular flexibility index (Phi) is 6.82. The Bertz CT molecular complexity index is 368. The molecule has 0 spiro atoms. The maximum absolute atomic E-state index is 11.6. The number of carbonyl (C=O) groups is 3. The van der Waals surface area contributed by atoms with Gasteiger partial charge in [0.15, 0.2) is 5.78 Å². The van der Waals surface area contributed by atoms with E-state index in [4.69, 9.17) is 4.74 Å². The molecule has 0 rings (SSSR count). The highest BCUT2D eigenvalue weighted by Crippen LogP contribution is 2.07. The molecule has 1 atom stereocenters. The van der Waals surface area contributed by atoms with Crippen LogP contribution in [-0.4, -0.2) is 36.6 Å². The van der Waals surface area contributed by atoms with Crippen molar-refractivity contribution in [3.8, 4) is 0 Å². The maximum Gasteiger partial charge on any atom is 0.408 e. The zero-order chi connectivity index (χ0) is 15.1. The average molecular weight is 271 g/mol. The summed E-state index contributed by atoms with van der Waals surface area (Å²) in [5.41, 5.74) is -0.653. The molecule has 0 radical (unpaired) electrons. The van der Waals surface area contributed by atoms with Gasteiger partial charge in [-0.05, 0) is 40.2 Å². The Morgan fingerprint density at radius 2 is 1.84 bits per heavy atom. The van der Waals surface area contributed by atoms with Gasteiger partial charge in [-0.15, -0.1) is 0 Å². The predicted octanol–water partition coefficient (Wildman–Crippen LogP) is 1.59. The maximum atomic E-state index is 11.6. The number of nitrogens with one attached hydrogen (secondary N) is 1. The first-order chi connectivity index (χ1) is 8.65. The number of esters is 1. The number of alkyl carbamates (subject to hydrolysis) is 1. The second kappa shape index (κ2) is 7.56. The first kappa shape index (κ1) is 17.2. The lowest BCUT2D eigenvalue weighted by molar-refractivity contribution is -0.143. The molecular weight excluding hydrogens is 250 g/mol. The molecule has 6 nitrogen and oxygen atoms in total. The fourth-order valence-electron chi connectivity index (χ4n) is 1.18. The lowest BCUT2D eigenvalue weighted by Crippen LogP contribution is -2.43. The molecule has 0 aromatic heterocycles. The predicted molar refractivity (Wildman–Crippen MR) is 69.6 cm³/mol. The molecule has 108 valence electrons. The van der Waals surface area contributed by atoms with E-state index in [-0.39, 0.29) is 12.2 Å². The Hall–Kier alpha value is -1.85. The SMILES string of the molecule is COC(=O)C(C/C=C/C(C)=O)NC(=O)OC(C)(C)C. The first-order valence-corrected chi connectivity index (χ1v) is 5.90. The minimum atomic E-state index is -0.879. The Labute approximate surface area is 113 Å². The summed E-state index contributed by atoms with van der Waals surface area (Å²) in [6, 6.07) is -0.879. The first-order valence-electron chi connectivity index (χ1n) is 5.90. The zero-order valence-corrected chi connectivity index (χ0v) is 12.0. The lowest BCUT2D eigenvalue weighted by atomic mass is 10.2. The number of hydrogen-bond acceptors (Lipinski definition) is 5. The number of rotatable bonds is 5. The van der Waals surface area contributed by atoms with Crippen LogP contribution >= 0.6 is 0 Å². The van der Waals surface area contributed by atoms with Crippen LogP contribution in [0.25, 0.3) is 0 Å². The Balaban J connectivity index is 4.56. The van der Waals surface area contributed by atoms with Gasteiger partial charge in [0.25, 0.3) is 0 Å². The van der Waals surface area contributed by atoms with Crippen LogP contribution in [0.3, 0.4) is 0 Å². The summed E-state index contributed by atoms with van der Waals surface area (Å²) in [4.78, 5) is 33.8. The smallest absolute Gasteiger partial charge is 0.408 e. The molecule has 19 heavy (non-hydrogen) atoms. The van der Waals surface area contributed by atoms with Crippen LogP contribution in [0, 0.1) is 0 Å². The molecule has 0 aliphatic rings. The standard InChI is InChI=1S/C13H21NO5/c1-9(15)7-6-8-10(11(16)18-5)14-12(17)19-13(2,3)4/h6-7,10H,8H2,1-5H3,(H,14,17)/b7-6+. The largest absolute Gasteiger partial charge is 0.467 e. The van der Waals surface area contributed by atoms with Gasteiger partial charge in [-0.1, -0.05) is 6.08 Å². The van der Waals surface area contributed by atoms with Crippen LogP contribution in [0.5, 0.6) is 0 Å². The Morgan fingerprint density at radius 3 is 2.26 bits per heavy atom. The third-order valence-corrected chi connectivity index (χ3v) is 1.90. The number of carbonyl (C=O) groups excluding carboxylic acids is 3. The minimum absolute atomic E-state index is 0.138. The third kappa shape index (κ3) is 8.82. The molecule has 0 aromatic carbocycles. The fourth-order valence-corrected chi connectivity index (χ4v) is 1.18. The second-order valence-electron chi connectivity index (χ2n) is 4.97. The van der Waals surface area contributed by atoms with E-state index in [9.17, 15) is 14.4 Å². The molecule has 0 aliphatic carbocycles. The molecule has 1 N–H and O–H groups in total. The second-order valence-corrected chi connectivity index (χ2v) is 4.97. The lowest BCUT2D eigenvalue weighted by Gasteiger charge is -2.22. The van der Waals surface area contributed by atoms with Crippen molar-refractivity contribution in [1.29, 1.82) is 0 Å². The van der Waals surface area contributed by atoms with Gasteiger partial charge in [0, 0.05) is 0 Å². The summed E-state index contributed by atoms with van der Waals surface area (Å²) in [5, 5.41) is 2.40. The Morgan fingerprint density at radius 1 is 1.26 bits per heavy atom. The normalized spacial score (nSPS) is 12.9. The van der Waals surface area contributed by atoms with Crippen LogP contribution in [0.2, 0.25) is 0 Å². The van der Waals surface area contributed by atoms with Crippen molar-refractivity contribution < 1.29 is 23.9 Å². The van der Waals surface area contributed by atoms with E-state index in [0.29, 0.717) is 0 Å². The number of ketones is 1. The number of ether oxygens (including phenoxy) is 2. The summed E-state index contributed by atoms with van der Waals surface area (Å²) in [6.45, 7) is 6.55. The minimum Gasteiger partial charge on any atom is -0.467 e. The van der Waals surface area contributed by atoms with Crippen LogP contribution in [0.1, 0.15) is 34.1 Å². The molecule has 6 heteroatoms. The topological polar surface area (TPSA) is 81.7 Å². The molecule has 0 aromatic rings. The van der Waals surface area contributed by atoms with Gasteiger partial charge in [-0.3, -0.25) is 4.79 Å². The molecule has 0 aliphatic heterocycles. The van der Waals surface area contributed by atoms with Crippen molar-refractivity contribution in [2.24, 2.45) is 0 Å². The number of amides is 1. The molecule has 0 saturated carbocycles. The van der Waals surface area contributed by atoms with Gasteiger partial charge in [0.1, 0.15) is 11.6 Å². The van der Waals surface area contributed by atoms with Crippen LogP contribution < -0.4 is 5.32 Å². The highest BCUT2D eigenvalue weighted by atomic mass is 16.6. The van der Waals surface area contributed by atoms with Crippen molar-refractivity contribution in [1.82, 2.24) is 5.32 Å². The van der Waals surface area contributed by atoms with E-state index in [0.717, 1.165) is 0 Å². The summed E-state index contributed by atoms with van der Waals surface area (Å²) in [5.74, 6) is -0.736. The number of allylic oxidation sites excluding steroid dienone is 1. The fraction of sp³-hybridized carbons (Fsp3) is 0.615. The molecule has 1 unspecified atom stereocenters. The molecule has 0 saturated heterocycles. The van der Waals surface area contributed by atoms with Crippen LogP contribution in [0.4, 0.5) is 4.79 Å². The van der Waals surface area contributed by atoms with Crippen molar-refractivity contribution in [3.05, 3.63) is 12.2 Å². The zero-order valence-electron chi connectivity index (χ0n) is 12.0. The van der Waals surface area contributed by atoms with Gasteiger partial charge in [-0.25, -0.2) is 9.59 Å². The average Bonchev–Trinajstić information content (AvgIpc) is 2.23. The van der Waals surface area contributed by atoms with Gasteiger partial charge in [-0.2, -0.15) is 0 Å². The van der Waals surface area contributed by atoms with Crippen molar-refractivity contribution >= 4 is 17.8 Å². The molecule has 0 fully saturated rings. The highest BCUT2D eigenvalue weighted by molar-refractivity contribution is 5.87. The van der Waals surface area contributed by atoms with Gasteiger partial charge in [0.2, 0.25) is 0 Å². The number of methoxy groups -OCH3 is 1. The van der Waals surface area contributed by atoms with Crippen molar-refractivity contribution in [2.45, 2.75) is 45.8 Å². The highest BCUT2D eigenvalue weighted by Gasteiger charge is 2.23. The van der Waals surface area contributed by atoms with E-state index in [2.05, 4.69) is 10.1 Å². The third-order valence-electron chi connectivity index (χ3n) is 1.90. The number of hydrogen-bond donors (Lipinski definition) is 1. The van der Waals surface area contributed by atoms with E-state index >= 15 is 0 Å².